The summed E-state index contributed by atoms with van der Waals surface area (Å²) >= 11 is 0. The number of benzene rings is 8. The molecule has 0 aliphatic carbocycles. The fourth-order valence-corrected chi connectivity index (χ4v) is 7.38. The van der Waals surface area contributed by atoms with Gasteiger partial charge in [-0.2, -0.15) is 0 Å². The minimum atomic E-state index is -0.396. The SMILES string of the molecule is c1ccc(C2=NC(c3ccc(-c4cccc5ccccc45)cc3)N=C(c3ccc4ccc(-c5cccc6oc7ccccc7c56)cc4c3)N2)cc1. The molecule has 0 fully saturated rings. The Kier molecular flexibility index (Phi) is 6.85. The van der Waals surface area contributed by atoms with Gasteiger partial charge in [0.2, 0.25) is 0 Å². The van der Waals surface area contributed by atoms with E-state index < -0.39 is 6.17 Å². The Morgan fingerprint density at radius 2 is 1.04 bits per heavy atom. The van der Waals surface area contributed by atoms with Crippen LogP contribution >= 0.6 is 0 Å². The molecule has 9 aromatic rings. The summed E-state index contributed by atoms with van der Waals surface area (Å²) in [5.41, 5.74) is 9.55. The molecular weight excluding hydrogens is 623 g/mol. The molecule has 0 saturated carbocycles. The number of aliphatic imine (C=N–C) groups is 2. The number of fused-ring (bicyclic) bond motifs is 5. The highest BCUT2D eigenvalue weighted by Crippen LogP contribution is 2.38. The van der Waals surface area contributed by atoms with Gasteiger partial charge in [0.25, 0.3) is 0 Å². The number of nitrogens with zero attached hydrogens (tertiary/aromatic N) is 2. The molecule has 240 valence electrons. The average molecular weight is 654 g/mol. The van der Waals surface area contributed by atoms with E-state index in [0.29, 0.717) is 0 Å². The van der Waals surface area contributed by atoms with E-state index in [1.165, 1.54) is 27.3 Å². The Labute approximate surface area is 295 Å². The van der Waals surface area contributed by atoms with E-state index in [-0.39, 0.29) is 0 Å². The van der Waals surface area contributed by atoms with Gasteiger partial charge in [-0.25, -0.2) is 9.98 Å². The summed E-state index contributed by atoms with van der Waals surface area (Å²) < 4.78 is 6.20. The summed E-state index contributed by atoms with van der Waals surface area (Å²) in [7, 11) is 0. The van der Waals surface area contributed by atoms with Crippen LogP contribution in [0.3, 0.4) is 0 Å². The van der Waals surface area contributed by atoms with Gasteiger partial charge in [0.05, 0.1) is 0 Å². The van der Waals surface area contributed by atoms with E-state index in [9.17, 15) is 0 Å². The Morgan fingerprint density at radius 3 is 1.90 bits per heavy atom. The molecule has 1 aliphatic rings. The highest BCUT2D eigenvalue weighted by atomic mass is 16.3. The Morgan fingerprint density at radius 1 is 0.412 bits per heavy atom. The predicted octanol–water partition coefficient (Wildman–Crippen LogP) is 11.7. The minimum Gasteiger partial charge on any atom is -0.456 e. The van der Waals surface area contributed by atoms with Gasteiger partial charge in [0, 0.05) is 21.9 Å². The fourth-order valence-electron chi connectivity index (χ4n) is 7.38. The highest BCUT2D eigenvalue weighted by Gasteiger charge is 2.21. The molecule has 1 atom stereocenters. The van der Waals surface area contributed by atoms with Crippen LogP contribution in [0.4, 0.5) is 0 Å². The van der Waals surface area contributed by atoms with Crippen molar-refractivity contribution in [2.24, 2.45) is 9.98 Å². The van der Waals surface area contributed by atoms with Crippen LogP contribution in [0.5, 0.6) is 0 Å². The van der Waals surface area contributed by atoms with Crippen molar-refractivity contribution in [1.82, 2.24) is 5.32 Å². The molecule has 1 aliphatic heterocycles. The van der Waals surface area contributed by atoms with Crippen LogP contribution in [0.1, 0.15) is 22.9 Å². The molecule has 0 spiro atoms. The van der Waals surface area contributed by atoms with Crippen LogP contribution in [-0.2, 0) is 0 Å². The van der Waals surface area contributed by atoms with Crippen molar-refractivity contribution in [2.75, 3.05) is 0 Å². The van der Waals surface area contributed by atoms with Gasteiger partial charge in [-0.15, -0.1) is 0 Å². The van der Waals surface area contributed by atoms with Crippen LogP contribution < -0.4 is 5.32 Å². The Hall–Kier alpha value is -6.78. The van der Waals surface area contributed by atoms with Gasteiger partial charge in [-0.1, -0.05) is 152 Å². The van der Waals surface area contributed by atoms with Crippen molar-refractivity contribution in [2.45, 2.75) is 6.17 Å². The lowest BCUT2D eigenvalue weighted by molar-refractivity contribution is 0.669. The van der Waals surface area contributed by atoms with E-state index in [2.05, 4.69) is 145 Å². The highest BCUT2D eigenvalue weighted by molar-refractivity contribution is 6.17. The summed E-state index contributed by atoms with van der Waals surface area (Å²) in [6.07, 6.45) is -0.396. The monoisotopic (exact) mass is 653 g/mol. The third kappa shape index (κ3) is 5.17. The first-order valence-electron chi connectivity index (χ1n) is 17.3. The maximum atomic E-state index is 6.20. The van der Waals surface area contributed by atoms with Crippen molar-refractivity contribution in [3.8, 4) is 22.3 Å². The van der Waals surface area contributed by atoms with Crippen LogP contribution in [-0.4, -0.2) is 11.7 Å². The fraction of sp³-hybridized carbons (Fsp3) is 0.0213. The molecule has 1 N–H and O–H groups in total. The molecule has 0 radical (unpaired) electrons. The lowest BCUT2D eigenvalue weighted by Gasteiger charge is -2.23. The molecule has 51 heavy (non-hydrogen) atoms. The van der Waals surface area contributed by atoms with Gasteiger partial charge in [0.1, 0.15) is 22.8 Å². The molecular formula is C47H31N3O. The van der Waals surface area contributed by atoms with Crippen molar-refractivity contribution < 1.29 is 4.42 Å². The number of para-hydroxylation sites is 1. The summed E-state index contributed by atoms with van der Waals surface area (Å²) in [6.45, 7) is 0. The second-order valence-electron chi connectivity index (χ2n) is 13.0. The first kappa shape index (κ1) is 29.2. The maximum absolute atomic E-state index is 6.20. The molecule has 1 aromatic heterocycles. The lowest BCUT2D eigenvalue weighted by atomic mass is 9.96. The quantitative estimate of drug-likeness (QED) is 0.201. The minimum absolute atomic E-state index is 0.396. The van der Waals surface area contributed by atoms with Crippen LogP contribution in [0.15, 0.2) is 190 Å². The van der Waals surface area contributed by atoms with Gasteiger partial charge in [-0.3, -0.25) is 0 Å². The molecule has 2 heterocycles. The van der Waals surface area contributed by atoms with Crippen molar-refractivity contribution >= 4 is 55.2 Å². The number of nitrogens with one attached hydrogen (secondary N) is 1. The third-order valence-electron chi connectivity index (χ3n) is 9.92. The summed E-state index contributed by atoms with van der Waals surface area (Å²) in [5.74, 6) is 1.60. The van der Waals surface area contributed by atoms with Crippen molar-refractivity contribution in [3.05, 3.63) is 193 Å². The van der Waals surface area contributed by atoms with E-state index in [4.69, 9.17) is 14.4 Å². The van der Waals surface area contributed by atoms with Crippen molar-refractivity contribution in [1.29, 1.82) is 0 Å². The first-order chi connectivity index (χ1) is 25.2. The standard InChI is InChI=1S/C47H31N3O/c1-2-11-33(12-3-1)45-48-46(34-24-22-32(23-25-34)39-16-8-13-31-10-4-5-14-38(31)39)50-47(49-45)36-27-21-30-20-26-35(28-37(30)29-36)40-17-9-19-43-44(40)41-15-6-7-18-42(41)51-43/h1-29,46H,(H,48,49,50). The largest absolute Gasteiger partial charge is 0.456 e. The lowest BCUT2D eigenvalue weighted by Crippen LogP contribution is -2.36. The normalized spacial score (nSPS) is 14.5. The van der Waals surface area contributed by atoms with Crippen LogP contribution in [0.25, 0.3) is 65.7 Å². The first-order valence-corrected chi connectivity index (χ1v) is 17.3. The average Bonchev–Trinajstić information content (AvgIpc) is 3.59. The second kappa shape index (κ2) is 12.0. The second-order valence-corrected chi connectivity index (χ2v) is 13.0. The zero-order valence-corrected chi connectivity index (χ0v) is 27.6. The van der Waals surface area contributed by atoms with Crippen molar-refractivity contribution in [3.63, 3.8) is 0 Å². The number of hydrogen-bond donors (Lipinski definition) is 1. The molecule has 10 rings (SSSR count). The van der Waals surface area contributed by atoms with E-state index >= 15 is 0 Å². The van der Waals surface area contributed by atoms with Crippen LogP contribution in [0.2, 0.25) is 0 Å². The zero-order valence-electron chi connectivity index (χ0n) is 27.6. The molecule has 8 aromatic carbocycles. The molecule has 1 unspecified atom stereocenters. The van der Waals surface area contributed by atoms with Gasteiger partial charge >= 0.3 is 0 Å². The number of furan rings is 1. The molecule has 4 heteroatoms. The van der Waals surface area contributed by atoms with Crippen LogP contribution in [0, 0.1) is 0 Å². The topological polar surface area (TPSA) is 49.9 Å². The maximum Gasteiger partial charge on any atom is 0.169 e. The van der Waals surface area contributed by atoms with Gasteiger partial charge in [-0.05, 0) is 73.6 Å². The van der Waals surface area contributed by atoms with E-state index in [1.807, 2.05) is 36.4 Å². The number of rotatable bonds is 5. The number of hydrogen-bond acceptors (Lipinski definition) is 4. The Bertz CT molecular complexity index is 2820. The summed E-state index contributed by atoms with van der Waals surface area (Å²) in [6, 6.07) is 61.7. The smallest absolute Gasteiger partial charge is 0.169 e. The summed E-state index contributed by atoms with van der Waals surface area (Å²) in [4.78, 5) is 10.3. The molecule has 0 amide bonds. The van der Waals surface area contributed by atoms with Gasteiger partial charge < -0.3 is 9.73 Å². The molecule has 4 nitrogen and oxygen atoms in total. The van der Waals surface area contributed by atoms with E-state index in [1.54, 1.807) is 0 Å². The van der Waals surface area contributed by atoms with Gasteiger partial charge in [0.15, 0.2) is 6.17 Å². The number of amidine groups is 2. The zero-order chi connectivity index (χ0) is 33.7. The Balaban J connectivity index is 1.05. The van der Waals surface area contributed by atoms with E-state index in [0.717, 1.165) is 66.8 Å². The predicted molar refractivity (Wildman–Crippen MR) is 211 cm³/mol. The molecule has 0 bridgehead atoms. The molecule has 0 saturated heterocycles. The summed E-state index contributed by atoms with van der Waals surface area (Å²) in [5, 5.41) is 10.6. The third-order valence-corrected chi connectivity index (χ3v) is 9.92.